The summed E-state index contributed by atoms with van der Waals surface area (Å²) < 4.78 is 1.80. The number of rotatable bonds is 4. The van der Waals surface area contributed by atoms with Crippen LogP contribution in [-0.4, -0.2) is 44.8 Å². The predicted octanol–water partition coefficient (Wildman–Crippen LogP) is 2.62. The molecule has 0 aliphatic carbocycles. The van der Waals surface area contributed by atoms with E-state index in [1.54, 1.807) is 4.68 Å². The summed E-state index contributed by atoms with van der Waals surface area (Å²) in [6, 6.07) is 7.70. The number of carbonyl (C=O) groups excluding carboxylic acids is 1. The van der Waals surface area contributed by atoms with Gasteiger partial charge in [0.2, 0.25) is 5.95 Å². The van der Waals surface area contributed by atoms with E-state index in [4.69, 9.17) is 0 Å². The van der Waals surface area contributed by atoms with Crippen LogP contribution in [-0.2, 0) is 7.05 Å². The van der Waals surface area contributed by atoms with Crippen molar-refractivity contribution in [2.45, 2.75) is 32.2 Å². The first kappa shape index (κ1) is 19.1. The number of benzene rings is 1. The van der Waals surface area contributed by atoms with Gasteiger partial charge in [-0.1, -0.05) is 17.7 Å². The topological polar surface area (TPSA) is 75.9 Å². The van der Waals surface area contributed by atoms with E-state index in [1.807, 2.05) is 69.9 Å². The van der Waals surface area contributed by atoms with E-state index >= 15 is 0 Å². The van der Waals surface area contributed by atoms with Gasteiger partial charge in [0.05, 0.1) is 6.20 Å². The Morgan fingerprint density at radius 2 is 1.79 bits per heavy atom. The van der Waals surface area contributed by atoms with Gasteiger partial charge in [0, 0.05) is 56.3 Å². The highest BCUT2D eigenvalue weighted by atomic mass is 16.1. The van der Waals surface area contributed by atoms with Crippen LogP contribution in [0, 0.1) is 13.8 Å². The van der Waals surface area contributed by atoms with Crippen molar-refractivity contribution in [2.24, 2.45) is 7.05 Å². The lowest BCUT2D eigenvalue weighted by molar-refractivity contribution is 0.0925. The number of hydrogen-bond donors (Lipinski definition) is 1. The number of aryl methyl sites for hydroxylation is 3. The smallest absolute Gasteiger partial charge is 0.251 e. The number of hydrogen-bond acceptors (Lipinski definition) is 5. The van der Waals surface area contributed by atoms with Crippen molar-refractivity contribution >= 4 is 11.9 Å². The van der Waals surface area contributed by atoms with Gasteiger partial charge in [0.1, 0.15) is 0 Å². The number of nitrogens with one attached hydrogen (secondary N) is 1. The molecule has 1 amide bonds. The van der Waals surface area contributed by atoms with Crippen LogP contribution in [0.1, 0.15) is 39.4 Å². The van der Waals surface area contributed by atoms with E-state index < -0.39 is 0 Å². The summed E-state index contributed by atoms with van der Waals surface area (Å²) in [6.07, 6.45) is 8.40. The van der Waals surface area contributed by atoms with Crippen LogP contribution in [0.15, 0.2) is 49.1 Å². The summed E-state index contributed by atoms with van der Waals surface area (Å²) in [5.74, 6) is 0.800. The summed E-state index contributed by atoms with van der Waals surface area (Å²) >= 11 is 0. The Balaban J connectivity index is 1.55. The van der Waals surface area contributed by atoms with Crippen molar-refractivity contribution in [3.05, 3.63) is 71.3 Å². The van der Waals surface area contributed by atoms with Crippen LogP contribution >= 0.6 is 0 Å². The molecule has 29 heavy (non-hydrogen) atoms. The fourth-order valence-corrected chi connectivity index (χ4v) is 3.78. The standard InChI is InChI=1S/C22H26N6O/c1-15-4-6-17(7-5-15)21(29)26-20-8-9-28(22-23-10-16(2)11-24-22)14-19(20)18-12-25-27(3)13-18/h4-7,10-13,19-20H,8-9,14H2,1-3H3,(H,26,29)/t19-,20+/m1/s1. The zero-order valence-electron chi connectivity index (χ0n) is 17.0. The average molecular weight is 390 g/mol. The second-order valence-electron chi connectivity index (χ2n) is 7.79. The molecular formula is C22H26N6O. The Labute approximate surface area is 170 Å². The lowest BCUT2D eigenvalue weighted by atomic mass is 9.87. The van der Waals surface area contributed by atoms with Gasteiger partial charge in [-0.05, 0) is 43.5 Å². The third-order valence-corrected chi connectivity index (χ3v) is 5.45. The van der Waals surface area contributed by atoms with E-state index in [-0.39, 0.29) is 17.9 Å². The summed E-state index contributed by atoms with van der Waals surface area (Å²) in [4.78, 5) is 24.0. The van der Waals surface area contributed by atoms with Gasteiger partial charge in [-0.25, -0.2) is 9.97 Å². The molecule has 0 spiro atoms. The number of amides is 1. The number of carbonyl (C=O) groups is 1. The molecule has 3 heterocycles. The molecule has 1 N–H and O–H groups in total. The highest BCUT2D eigenvalue weighted by molar-refractivity contribution is 5.94. The summed E-state index contributed by atoms with van der Waals surface area (Å²) in [5, 5.41) is 7.59. The third-order valence-electron chi connectivity index (χ3n) is 5.45. The lowest BCUT2D eigenvalue weighted by Gasteiger charge is -2.38. The second kappa shape index (κ2) is 8.03. The van der Waals surface area contributed by atoms with Gasteiger partial charge in [-0.3, -0.25) is 9.48 Å². The molecule has 4 rings (SSSR count). The van der Waals surface area contributed by atoms with Crippen LogP contribution in [0.25, 0.3) is 0 Å². The maximum absolute atomic E-state index is 12.8. The Bertz CT molecular complexity index is 979. The van der Waals surface area contributed by atoms with E-state index in [0.717, 1.165) is 42.1 Å². The summed E-state index contributed by atoms with van der Waals surface area (Å²) in [5.41, 5.74) is 3.97. The van der Waals surface area contributed by atoms with Gasteiger partial charge in [0.25, 0.3) is 5.91 Å². The first-order valence-corrected chi connectivity index (χ1v) is 9.89. The minimum Gasteiger partial charge on any atom is -0.349 e. The molecule has 0 saturated carbocycles. The normalized spacial score (nSPS) is 19.2. The fraction of sp³-hybridized carbons (Fsp3) is 0.364. The third kappa shape index (κ3) is 4.29. The Kier molecular flexibility index (Phi) is 5.29. The molecule has 150 valence electrons. The van der Waals surface area contributed by atoms with Crippen molar-refractivity contribution in [3.8, 4) is 0 Å². The highest BCUT2D eigenvalue weighted by Crippen LogP contribution is 2.29. The molecule has 1 aromatic carbocycles. The molecule has 1 aliphatic heterocycles. The highest BCUT2D eigenvalue weighted by Gasteiger charge is 2.33. The van der Waals surface area contributed by atoms with E-state index in [1.165, 1.54) is 0 Å². The number of nitrogens with zero attached hydrogens (tertiary/aromatic N) is 5. The summed E-state index contributed by atoms with van der Waals surface area (Å²) in [7, 11) is 1.91. The Morgan fingerprint density at radius 1 is 1.07 bits per heavy atom. The molecule has 2 aromatic heterocycles. The predicted molar refractivity (Wildman–Crippen MR) is 112 cm³/mol. The van der Waals surface area contributed by atoms with Crippen molar-refractivity contribution in [1.82, 2.24) is 25.1 Å². The number of aromatic nitrogens is 4. The molecule has 3 aromatic rings. The number of anilines is 1. The van der Waals surface area contributed by atoms with Crippen LogP contribution < -0.4 is 10.2 Å². The fourth-order valence-electron chi connectivity index (χ4n) is 3.78. The molecule has 1 fully saturated rings. The Morgan fingerprint density at radius 3 is 2.45 bits per heavy atom. The van der Waals surface area contributed by atoms with Crippen LogP contribution in [0.2, 0.25) is 0 Å². The molecular weight excluding hydrogens is 364 g/mol. The molecule has 2 atom stereocenters. The molecule has 1 aliphatic rings. The monoisotopic (exact) mass is 390 g/mol. The summed E-state index contributed by atoms with van der Waals surface area (Å²) in [6.45, 7) is 5.52. The quantitative estimate of drug-likeness (QED) is 0.741. The van der Waals surface area contributed by atoms with Crippen molar-refractivity contribution < 1.29 is 4.79 Å². The van der Waals surface area contributed by atoms with Gasteiger partial charge in [-0.15, -0.1) is 0 Å². The lowest BCUT2D eigenvalue weighted by Crippen LogP contribution is -2.50. The molecule has 0 bridgehead atoms. The first-order chi connectivity index (χ1) is 14.0. The van der Waals surface area contributed by atoms with E-state index in [9.17, 15) is 4.79 Å². The van der Waals surface area contributed by atoms with Gasteiger partial charge >= 0.3 is 0 Å². The van der Waals surface area contributed by atoms with Crippen molar-refractivity contribution in [1.29, 1.82) is 0 Å². The van der Waals surface area contributed by atoms with Crippen LogP contribution in [0.4, 0.5) is 5.95 Å². The zero-order chi connectivity index (χ0) is 20.4. The van der Waals surface area contributed by atoms with Crippen molar-refractivity contribution in [2.75, 3.05) is 18.0 Å². The van der Waals surface area contributed by atoms with Crippen LogP contribution in [0.3, 0.4) is 0 Å². The van der Waals surface area contributed by atoms with Crippen molar-refractivity contribution in [3.63, 3.8) is 0 Å². The zero-order valence-corrected chi connectivity index (χ0v) is 17.0. The first-order valence-electron chi connectivity index (χ1n) is 9.89. The SMILES string of the molecule is Cc1ccc(C(=O)N[C@H]2CCN(c3ncc(C)cn3)C[C@@H]2c2cnn(C)c2)cc1. The van der Waals surface area contributed by atoms with E-state index in [2.05, 4.69) is 25.3 Å². The minimum atomic E-state index is -0.0380. The minimum absolute atomic E-state index is 0.0229. The van der Waals surface area contributed by atoms with Crippen LogP contribution in [0.5, 0.6) is 0 Å². The molecule has 7 heteroatoms. The maximum atomic E-state index is 12.8. The average Bonchev–Trinajstić information content (AvgIpc) is 3.15. The van der Waals surface area contributed by atoms with Gasteiger partial charge in [0.15, 0.2) is 0 Å². The second-order valence-corrected chi connectivity index (χ2v) is 7.79. The maximum Gasteiger partial charge on any atom is 0.251 e. The largest absolute Gasteiger partial charge is 0.349 e. The van der Waals surface area contributed by atoms with Gasteiger partial charge < -0.3 is 10.2 Å². The molecule has 1 saturated heterocycles. The number of piperidine rings is 1. The Hall–Kier alpha value is -3.22. The van der Waals surface area contributed by atoms with E-state index in [0.29, 0.717) is 5.56 Å². The molecule has 0 unspecified atom stereocenters. The molecule has 0 radical (unpaired) electrons. The molecule has 7 nitrogen and oxygen atoms in total. The van der Waals surface area contributed by atoms with Gasteiger partial charge in [-0.2, -0.15) is 5.10 Å².